The van der Waals surface area contributed by atoms with Crippen LogP contribution in [-0.4, -0.2) is 40.7 Å². The quantitative estimate of drug-likeness (QED) is 0.759. The molecule has 144 valence electrons. The molecule has 2 aromatic carbocycles. The van der Waals surface area contributed by atoms with Gasteiger partial charge in [0.15, 0.2) is 0 Å². The third-order valence-electron chi connectivity index (χ3n) is 5.16. The Morgan fingerprint density at radius 2 is 1.93 bits per heavy atom. The van der Waals surface area contributed by atoms with E-state index in [-0.39, 0.29) is 17.6 Å². The number of urea groups is 1. The van der Waals surface area contributed by atoms with Gasteiger partial charge in [-0.15, -0.1) is 0 Å². The molecule has 7 nitrogen and oxygen atoms in total. The van der Waals surface area contributed by atoms with Gasteiger partial charge in [0.05, 0.1) is 24.3 Å². The summed E-state index contributed by atoms with van der Waals surface area (Å²) in [6.45, 7) is 1.17. The molecule has 0 atom stereocenters. The van der Waals surface area contributed by atoms with Crippen molar-refractivity contribution in [2.24, 2.45) is 0 Å². The molecule has 2 amide bonds. The average molecular weight is 378 g/mol. The molecule has 3 aromatic rings. The third kappa shape index (κ3) is 3.55. The van der Waals surface area contributed by atoms with Crippen LogP contribution in [0.4, 0.5) is 10.5 Å². The minimum Gasteiger partial charge on any atom is -0.497 e. The van der Waals surface area contributed by atoms with Crippen LogP contribution in [0, 0.1) is 0 Å². The van der Waals surface area contributed by atoms with E-state index in [0.29, 0.717) is 48.3 Å². The normalized spacial score (nSPS) is 14.8. The number of carbonyl (C=O) groups excluding carboxylic acids is 1. The number of nitrogens with zero attached hydrogens (tertiary/aromatic N) is 3. The maximum absolute atomic E-state index is 12.8. The van der Waals surface area contributed by atoms with Crippen molar-refractivity contribution in [2.45, 2.75) is 18.9 Å². The molecule has 1 aromatic heterocycles. The number of piperidine rings is 1. The Balaban J connectivity index is 1.42. The Bertz CT molecular complexity index is 1050. The van der Waals surface area contributed by atoms with Crippen LogP contribution in [0.3, 0.4) is 0 Å². The van der Waals surface area contributed by atoms with Gasteiger partial charge in [-0.3, -0.25) is 9.36 Å². The van der Waals surface area contributed by atoms with E-state index in [9.17, 15) is 9.59 Å². The number of benzene rings is 2. The fourth-order valence-corrected chi connectivity index (χ4v) is 3.59. The maximum Gasteiger partial charge on any atom is 0.321 e. The lowest BCUT2D eigenvalue weighted by Gasteiger charge is -2.32. The minimum atomic E-state index is -0.143. The first-order valence-electron chi connectivity index (χ1n) is 9.31. The number of rotatable bonds is 3. The number of nitrogens with one attached hydrogen (secondary N) is 1. The van der Waals surface area contributed by atoms with Gasteiger partial charge >= 0.3 is 6.03 Å². The van der Waals surface area contributed by atoms with Crippen molar-refractivity contribution in [3.8, 4) is 5.75 Å². The summed E-state index contributed by atoms with van der Waals surface area (Å²) < 4.78 is 6.89. The predicted molar refractivity (Wildman–Crippen MR) is 108 cm³/mol. The number of likely N-dealkylation sites (tertiary alicyclic amines) is 1. The van der Waals surface area contributed by atoms with E-state index >= 15 is 0 Å². The highest BCUT2D eigenvalue weighted by Gasteiger charge is 2.25. The summed E-state index contributed by atoms with van der Waals surface area (Å²) in [5.41, 5.74) is 1.38. The molecule has 1 aliphatic heterocycles. The molecule has 1 aliphatic rings. The first-order valence-corrected chi connectivity index (χ1v) is 9.31. The van der Waals surface area contributed by atoms with Gasteiger partial charge in [-0.2, -0.15) is 0 Å². The van der Waals surface area contributed by atoms with Crippen molar-refractivity contribution in [1.29, 1.82) is 0 Å². The zero-order chi connectivity index (χ0) is 19.5. The Morgan fingerprint density at radius 1 is 1.14 bits per heavy atom. The van der Waals surface area contributed by atoms with Crippen molar-refractivity contribution < 1.29 is 9.53 Å². The summed E-state index contributed by atoms with van der Waals surface area (Å²) in [7, 11) is 1.59. The number of fused-ring (bicyclic) bond motifs is 1. The van der Waals surface area contributed by atoms with Crippen LogP contribution in [0.25, 0.3) is 10.9 Å². The highest BCUT2D eigenvalue weighted by atomic mass is 16.5. The fraction of sp³-hybridized carbons (Fsp3) is 0.286. The topological polar surface area (TPSA) is 76.5 Å². The summed E-state index contributed by atoms with van der Waals surface area (Å²) in [4.78, 5) is 31.5. The lowest BCUT2D eigenvalue weighted by molar-refractivity contribution is 0.182. The Hall–Kier alpha value is -3.35. The monoisotopic (exact) mass is 378 g/mol. The molecule has 1 fully saturated rings. The highest BCUT2D eigenvalue weighted by molar-refractivity contribution is 5.89. The average Bonchev–Trinajstić information content (AvgIpc) is 2.74. The van der Waals surface area contributed by atoms with Gasteiger partial charge in [0.25, 0.3) is 5.56 Å². The number of aromatic nitrogens is 2. The van der Waals surface area contributed by atoms with Gasteiger partial charge in [-0.1, -0.05) is 18.2 Å². The lowest BCUT2D eigenvalue weighted by atomic mass is 10.0. The molecule has 1 saturated heterocycles. The van der Waals surface area contributed by atoms with Crippen molar-refractivity contribution in [2.75, 3.05) is 25.5 Å². The second-order valence-corrected chi connectivity index (χ2v) is 6.85. The maximum atomic E-state index is 12.8. The minimum absolute atomic E-state index is 0.0233. The molecule has 4 rings (SSSR count). The van der Waals surface area contributed by atoms with Crippen LogP contribution in [0.2, 0.25) is 0 Å². The molecule has 1 N–H and O–H groups in total. The molecular formula is C21H22N4O3. The SMILES string of the molecule is COc1cccc(NC(=O)N2CCC(n3cnc4ccccc4c3=O)CC2)c1. The number of hydrogen-bond donors (Lipinski definition) is 1. The van der Waals surface area contributed by atoms with E-state index < -0.39 is 0 Å². The zero-order valence-electron chi connectivity index (χ0n) is 15.7. The number of amides is 2. The molecule has 0 unspecified atom stereocenters. The molecule has 0 aliphatic carbocycles. The molecule has 0 radical (unpaired) electrons. The summed E-state index contributed by atoms with van der Waals surface area (Å²) >= 11 is 0. The summed E-state index contributed by atoms with van der Waals surface area (Å²) in [6, 6.07) is 14.5. The van der Waals surface area contributed by atoms with Gasteiger partial charge < -0.3 is 15.0 Å². The molecular weight excluding hydrogens is 356 g/mol. The first-order chi connectivity index (χ1) is 13.7. The predicted octanol–water partition coefficient (Wildman–Crippen LogP) is 3.27. The van der Waals surface area contributed by atoms with Crippen molar-refractivity contribution >= 4 is 22.6 Å². The molecule has 7 heteroatoms. The van der Waals surface area contributed by atoms with Crippen LogP contribution in [0.1, 0.15) is 18.9 Å². The van der Waals surface area contributed by atoms with Crippen LogP contribution in [-0.2, 0) is 0 Å². The Morgan fingerprint density at radius 3 is 2.71 bits per heavy atom. The van der Waals surface area contributed by atoms with E-state index in [0.717, 1.165) is 0 Å². The van der Waals surface area contributed by atoms with Gasteiger partial charge in [0.1, 0.15) is 5.75 Å². The third-order valence-corrected chi connectivity index (χ3v) is 5.16. The number of hydrogen-bond acceptors (Lipinski definition) is 4. The van der Waals surface area contributed by atoms with Gasteiger partial charge in [0, 0.05) is 30.9 Å². The summed E-state index contributed by atoms with van der Waals surface area (Å²) in [5, 5.41) is 3.53. The number of para-hydroxylation sites is 1. The largest absolute Gasteiger partial charge is 0.497 e. The van der Waals surface area contributed by atoms with Crippen LogP contribution >= 0.6 is 0 Å². The molecule has 28 heavy (non-hydrogen) atoms. The van der Waals surface area contributed by atoms with Crippen molar-refractivity contribution in [1.82, 2.24) is 14.5 Å². The molecule has 2 heterocycles. The molecule has 0 bridgehead atoms. The summed E-state index contributed by atoms with van der Waals surface area (Å²) in [6.07, 6.45) is 3.05. The summed E-state index contributed by atoms with van der Waals surface area (Å²) in [5.74, 6) is 0.694. The Kier molecular flexibility index (Phi) is 4.97. The second-order valence-electron chi connectivity index (χ2n) is 6.85. The van der Waals surface area contributed by atoms with E-state index in [4.69, 9.17) is 4.74 Å². The molecule has 0 spiro atoms. The Labute approximate surface area is 162 Å². The van der Waals surface area contributed by atoms with Crippen LogP contribution < -0.4 is 15.6 Å². The standard InChI is InChI=1S/C21H22N4O3/c1-28-17-6-4-5-15(13-17)23-21(27)24-11-9-16(10-12-24)25-14-22-19-8-3-2-7-18(19)20(25)26/h2-8,13-14,16H,9-12H2,1H3,(H,23,27). The number of methoxy groups -OCH3 is 1. The van der Waals surface area contributed by atoms with Crippen LogP contribution in [0.15, 0.2) is 59.7 Å². The van der Waals surface area contributed by atoms with Gasteiger partial charge in [-0.25, -0.2) is 9.78 Å². The smallest absolute Gasteiger partial charge is 0.321 e. The number of carbonyl (C=O) groups is 1. The first kappa shape index (κ1) is 18.0. The van der Waals surface area contributed by atoms with E-state index in [1.54, 1.807) is 35.0 Å². The van der Waals surface area contributed by atoms with Crippen molar-refractivity contribution in [3.05, 3.63) is 65.2 Å². The van der Waals surface area contributed by atoms with Gasteiger partial charge in [-0.05, 0) is 37.1 Å². The van der Waals surface area contributed by atoms with E-state index in [1.807, 2.05) is 36.4 Å². The van der Waals surface area contributed by atoms with E-state index in [2.05, 4.69) is 10.3 Å². The van der Waals surface area contributed by atoms with Crippen molar-refractivity contribution in [3.63, 3.8) is 0 Å². The number of anilines is 1. The number of ether oxygens (including phenoxy) is 1. The van der Waals surface area contributed by atoms with Crippen LogP contribution in [0.5, 0.6) is 5.75 Å². The molecule has 0 saturated carbocycles. The zero-order valence-corrected chi connectivity index (χ0v) is 15.7. The highest BCUT2D eigenvalue weighted by Crippen LogP contribution is 2.23. The fourth-order valence-electron chi connectivity index (χ4n) is 3.59. The lowest BCUT2D eigenvalue weighted by Crippen LogP contribution is -2.42. The van der Waals surface area contributed by atoms with E-state index in [1.165, 1.54) is 0 Å². The second kappa shape index (κ2) is 7.72. The van der Waals surface area contributed by atoms with Gasteiger partial charge in [0.2, 0.25) is 0 Å².